The van der Waals surface area contributed by atoms with Crippen molar-refractivity contribution in [1.82, 2.24) is 5.32 Å². The van der Waals surface area contributed by atoms with Crippen LogP contribution in [-0.2, 0) is 27.2 Å². The zero-order chi connectivity index (χ0) is 19.8. The number of carbonyl (C=O) groups is 2. The third-order valence-corrected chi connectivity index (χ3v) is 4.87. The first-order chi connectivity index (χ1) is 12.9. The van der Waals surface area contributed by atoms with Gasteiger partial charge in [-0.25, -0.2) is 0 Å². The van der Waals surface area contributed by atoms with Crippen molar-refractivity contribution < 1.29 is 14.3 Å². The number of halogens is 2. The molecular formula is C21H23Cl2NO3. The Labute approximate surface area is 169 Å². The van der Waals surface area contributed by atoms with Gasteiger partial charge < -0.3 is 10.1 Å². The van der Waals surface area contributed by atoms with Crippen molar-refractivity contribution in [1.29, 1.82) is 0 Å². The van der Waals surface area contributed by atoms with Crippen LogP contribution in [0.25, 0.3) is 0 Å². The molecule has 0 spiro atoms. The number of benzene rings is 2. The summed E-state index contributed by atoms with van der Waals surface area (Å²) < 4.78 is 5.22. The molecule has 0 heterocycles. The molecule has 0 bridgehead atoms. The fourth-order valence-corrected chi connectivity index (χ4v) is 3.13. The zero-order valence-electron chi connectivity index (χ0n) is 15.4. The van der Waals surface area contributed by atoms with Crippen LogP contribution in [0.5, 0.6) is 0 Å². The van der Waals surface area contributed by atoms with Gasteiger partial charge in [0.15, 0.2) is 6.10 Å². The molecular weight excluding hydrogens is 385 g/mol. The van der Waals surface area contributed by atoms with Crippen LogP contribution >= 0.6 is 23.2 Å². The van der Waals surface area contributed by atoms with Crippen LogP contribution in [0, 0.1) is 0 Å². The Morgan fingerprint density at radius 3 is 2.26 bits per heavy atom. The predicted octanol–water partition coefficient (Wildman–Crippen LogP) is 4.61. The molecule has 2 atom stereocenters. The summed E-state index contributed by atoms with van der Waals surface area (Å²) in [6.45, 7) is 3.48. The highest BCUT2D eigenvalue weighted by Gasteiger charge is 2.20. The molecule has 1 amide bonds. The Morgan fingerprint density at radius 1 is 1.00 bits per heavy atom. The molecule has 0 aliphatic carbocycles. The van der Waals surface area contributed by atoms with Crippen LogP contribution in [0.2, 0.25) is 10.0 Å². The molecule has 0 saturated heterocycles. The number of esters is 1. The van der Waals surface area contributed by atoms with Crippen molar-refractivity contribution in [2.45, 2.75) is 45.3 Å². The quantitative estimate of drug-likeness (QED) is 0.650. The van der Waals surface area contributed by atoms with Gasteiger partial charge in [0.1, 0.15) is 0 Å². The van der Waals surface area contributed by atoms with Gasteiger partial charge in [-0.15, -0.1) is 0 Å². The number of aryl methyl sites for hydroxylation is 1. The largest absolute Gasteiger partial charge is 0.452 e. The van der Waals surface area contributed by atoms with Crippen LogP contribution in [0.4, 0.5) is 0 Å². The maximum absolute atomic E-state index is 12.2. The van der Waals surface area contributed by atoms with E-state index in [1.165, 1.54) is 5.56 Å². The van der Waals surface area contributed by atoms with Gasteiger partial charge in [-0.3, -0.25) is 9.59 Å². The Balaban J connectivity index is 1.79. The van der Waals surface area contributed by atoms with Crippen molar-refractivity contribution >= 4 is 35.1 Å². The van der Waals surface area contributed by atoms with Gasteiger partial charge in [-0.05, 0) is 44.4 Å². The topological polar surface area (TPSA) is 55.4 Å². The van der Waals surface area contributed by atoms with E-state index in [2.05, 4.69) is 17.4 Å². The van der Waals surface area contributed by atoms with E-state index in [9.17, 15) is 9.59 Å². The summed E-state index contributed by atoms with van der Waals surface area (Å²) in [5.74, 6) is -0.876. The molecule has 6 heteroatoms. The summed E-state index contributed by atoms with van der Waals surface area (Å²) in [4.78, 5) is 24.4. The third kappa shape index (κ3) is 6.89. The molecule has 0 unspecified atom stereocenters. The molecule has 2 rings (SSSR count). The first kappa shape index (κ1) is 21.3. The van der Waals surface area contributed by atoms with Crippen molar-refractivity contribution in [3.8, 4) is 0 Å². The third-order valence-electron chi connectivity index (χ3n) is 4.16. The predicted molar refractivity (Wildman–Crippen MR) is 108 cm³/mol. The Morgan fingerprint density at radius 2 is 1.63 bits per heavy atom. The van der Waals surface area contributed by atoms with E-state index in [-0.39, 0.29) is 18.4 Å². The van der Waals surface area contributed by atoms with E-state index < -0.39 is 12.1 Å². The van der Waals surface area contributed by atoms with Crippen molar-refractivity contribution in [2.24, 2.45) is 0 Å². The summed E-state index contributed by atoms with van der Waals surface area (Å²) >= 11 is 12.1. The lowest BCUT2D eigenvalue weighted by Crippen LogP contribution is -2.41. The van der Waals surface area contributed by atoms with Crippen LogP contribution in [0.15, 0.2) is 48.5 Å². The Bertz CT molecular complexity index is 760. The van der Waals surface area contributed by atoms with Crippen molar-refractivity contribution in [2.75, 3.05) is 0 Å². The van der Waals surface area contributed by atoms with Crippen molar-refractivity contribution in [3.05, 3.63) is 69.7 Å². The van der Waals surface area contributed by atoms with Gasteiger partial charge in [0.2, 0.25) is 0 Å². The fraction of sp³-hybridized carbons (Fsp3) is 0.333. The average molecular weight is 408 g/mol. The van der Waals surface area contributed by atoms with Gasteiger partial charge in [-0.1, -0.05) is 59.6 Å². The second-order valence-electron chi connectivity index (χ2n) is 6.44. The minimum atomic E-state index is -0.891. The molecule has 0 saturated carbocycles. The van der Waals surface area contributed by atoms with Gasteiger partial charge in [0.05, 0.1) is 6.42 Å². The summed E-state index contributed by atoms with van der Waals surface area (Å²) in [7, 11) is 0. The van der Waals surface area contributed by atoms with Crippen LogP contribution in [-0.4, -0.2) is 24.0 Å². The number of carbonyl (C=O) groups excluding carboxylic acids is 2. The highest BCUT2D eigenvalue weighted by molar-refractivity contribution is 6.36. The Hall–Kier alpha value is -2.04. The van der Waals surface area contributed by atoms with E-state index >= 15 is 0 Å². The van der Waals surface area contributed by atoms with E-state index in [0.717, 1.165) is 12.8 Å². The molecule has 0 aliphatic heterocycles. The van der Waals surface area contributed by atoms with Crippen LogP contribution in [0.3, 0.4) is 0 Å². The first-order valence-corrected chi connectivity index (χ1v) is 9.59. The number of amides is 1. The van der Waals surface area contributed by atoms with E-state index in [1.54, 1.807) is 25.1 Å². The summed E-state index contributed by atoms with van der Waals surface area (Å²) in [5.41, 5.74) is 1.71. The number of hydrogen-bond acceptors (Lipinski definition) is 3. The molecule has 144 valence electrons. The number of rotatable bonds is 8. The number of nitrogens with one attached hydrogen (secondary N) is 1. The van der Waals surface area contributed by atoms with E-state index in [1.807, 2.05) is 25.1 Å². The summed E-state index contributed by atoms with van der Waals surface area (Å²) in [5, 5.41) is 3.66. The normalized spacial score (nSPS) is 12.9. The standard InChI is InChI=1S/C21H23Cl2NO3/c1-14(11-12-16-7-4-3-5-8-16)24-21(26)15(2)27-20(25)13-17-18(22)9-6-10-19(17)23/h3-10,14-15H,11-13H2,1-2H3,(H,24,26)/t14-,15+/m1/s1. The molecule has 0 fully saturated rings. The van der Waals surface area contributed by atoms with Crippen molar-refractivity contribution in [3.63, 3.8) is 0 Å². The lowest BCUT2D eigenvalue weighted by molar-refractivity contribution is -0.154. The molecule has 0 aromatic heterocycles. The highest BCUT2D eigenvalue weighted by atomic mass is 35.5. The minimum Gasteiger partial charge on any atom is -0.452 e. The molecule has 1 N–H and O–H groups in total. The van der Waals surface area contributed by atoms with Crippen LogP contribution in [0.1, 0.15) is 31.4 Å². The zero-order valence-corrected chi connectivity index (χ0v) is 16.9. The number of ether oxygens (including phenoxy) is 1. The molecule has 4 nitrogen and oxygen atoms in total. The lowest BCUT2D eigenvalue weighted by Gasteiger charge is -2.18. The SMILES string of the molecule is C[C@H](CCc1ccccc1)NC(=O)[C@H](C)OC(=O)Cc1c(Cl)cccc1Cl. The first-order valence-electron chi connectivity index (χ1n) is 8.83. The lowest BCUT2D eigenvalue weighted by atomic mass is 10.1. The van der Waals surface area contributed by atoms with E-state index in [4.69, 9.17) is 27.9 Å². The molecule has 2 aromatic carbocycles. The maximum Gasteiger partial charge on any atom is 0.311 e. The van der Waals surface area contributed by atoms with Gasteiger partial charge in [0, 0.05) is 21.7 Å². The van der Waals surface area contributed by atoms with Crippen LogP contribution < -0.4 is 5.32 Å². The monoisotopic (exact) mass is 407 g/mol. The Kier molecular flexibility index (Phi) is 8.14. The second-order valence-corrected chi connectivity index (χ2v) is 7.26. The minimum absolute atomic E-state index is 0.0307. The smallest absolute Gasteiger partial charge is 0.311 e. The second kappa shape index (κ2) is 10.3. The van der Waals surface area contributed by atoms with E-state index in [0.29, 0.717) is 15.6 Å². The molecule has 0 radical (unpaired) electrons. The van der Waals surface area contributed by atoms with Gasteiger partial charge >= 0.3 is 5.97 Å². The highest BCUT2D eigenvalue weighted by Crippen LogP contribution is 2.25. The molecule has 2 aromatic rings. The number of hydrogen-bond donors (Lipinski definition) is 1. The molecule has 27 heavy (non-hydrogen) atoms. The molecule has 0 aliphatic rings. The fourth-order valence-electron chi connectivity index (χ4n) is 2.60. The van der Waals surface area contributed by atoms with Gasteiger partial charge in [-0.2, -0.15) is 0 Å². The average Bonchev–Trinajstić information content (AvgIpc) is 2.64. The summed E-state index contributed by atoms with van der Waals surface area (Å²) in [6, 6.07) is 15.0. The summed E-state index contributed by atoms with van der Waals surface area (Å²) in [6.07, 6.45) is 0.685. The van der Waals surface area contributed by atoms with Gasteiger partial charge in [0.25, 0.3) is 5.91 Å². The maximum atomic E-state index is 12.2.